The summed E-state index contributed by atoms with van der Waals surface area (Å²) in [6.07, 6.45) is 0. The van der Waals surface area contributed by atoms with Gasteiger partial charge >= 0.3 is 17.1 Å². The fourth-order valence-electron chi connectivity index (χ4n) is 0. The predicted octanol–water partition coefficient (Wildman–Crippen LogP) is -13.6. The van der Waals surface area contributed by atoms with E-state index >= 15 is 0 Å². The van der Waals surface area contributed by atoms with Crippen molar-refractivity contribution in [2.45, 2.75) is 0 Å². The molecule has 12 nitrogen and oxygen atoms in total. The predicted molar refractivity (Wildman–Crippen MR) is 2.22 cm³/mol. The van der Waals surface area contributed by atoms with Crippen LogP contribution < -0.4 is 51.2 Å². The molecule has 0 aromatic carbocycles. The molecule has 0 amide bonds. The Morgan fingerprint density at radius 2 is 0.500 bits per heavy atom. The maximum atomic E-state index is 8.60. The van der Waals surface area contributed by atoms with Crippen molar-refractivity contribution >= 4 is 0 Å². The molecule has 105 valence electrons. The van der Waals surface area contributed by atoms with Crippen molar-refractivity contribution in [2.75, 3.05) is 0 Å². The SMILES string of the molecule is [Cu+2].[O-][Cl+3]([O-])([O-])O.[O-][Cl+3]([O-])([O-])[O-].[O-][Cl+3]([O-])([O-])[O-]. The van der Waals surface area contributed by atoms with Crippen LogP contribution in [0, 0.1) is 30.7 Å². The summed E-state index contributed by atoms with van der Waals surface area (Å²) in [5.41, 5.74) is 0. The Bertz CT molecular complexity index is 91.3. The topological polar surface area (TPSA) is 274 Å². The molecule has 0 spiro atoms. The maximum Gasteiger partial charge on any atom is 2.00 e. The summed E-state index contributed by atoms with van der Waals surface area (Å²) in [6, 6.07) is 0. The normalized spacial score (nSPS) is 11.2. The minimum atomic E-state index is -4.94. The number of hydrogen-bond acceptors (Lipinski definition) is 12. The molecule has 0 rings (SSSR count). The Balaban J connectivity index is -0.0000000655. The van der Waals surface area contributed by atoms with E-state index in [0.717, 1.165) is 0 Å². The van der Waals surface area contributed by atoms with Crippen molar-refractivity contribution in [2.24, 2.45) is 0 Å². The van der Waals surface area contributed by atoms with Gasteiger partial charge in [-0.15, -0.1) is 20.5 Å². The molecule has 0 aliphatic heterocycles. The van der Waals surface area contributed by atoms with Crippen LogP contribution in [0.5, 0.6) is 0 Å². The first kappa shape index (κ1) is 25.7. The molecule has 0 heterocycles. The molecule has 0 aromatic heterocycles. The van der Waals surface area contributed by atoms with Crippen molar-refractivity contribution in [1.29, 1.82) is 0 Å². The van der Waals surface area contributed by atoms with Gasteiger partial charge in [0.05, 0.1) is 14.9 Å². The zero-order chi connectivity index (χ0) is 13.5. The van der Waals surface area contributed by atoms with Gasteiger partial charge in [-0.05, 0) is 0 Å². The van der Waals surface area contributed by atoms with Crippen LogP contribution in [0.2, 0.25) is 0 Å². The summed E-state index contributed by atoms with van der Waals surface area (Å²) in [5.74, 6) is 0. The molecule has 0 aliphatic carbocycles. The van der Waals surface area contributed by atoms with Crippen LogP contribution in [0.3, 0.4) is 0 Å². The second-order valence-corrected chi connectivity index (χ2v) is 3.46. The third kappa shape index (κ3) is 3490. The third-order valence-corrected chi connectivity index (χ3v) is 0. The summed E-state index contributed by atoms with van der Waals surface area (Å²) >= 11 is 0. The minimum absolute atomic E-state index is 0. The molecule has 0 atom stereocenters. The van der Waals surface area contributed by atoms with E-state index < -0.39 is 30.7 Å². The molecule has 1 N–H and O–H groups in total. The van der Waals surface area contributed by atoms with Gasteiger partial charge in [-0.25, -0.2) is 37.3 Å². The Kier molecular flexibility index (Phi) is 15.9. The van der Waals surface area contributed by atoms with Crippen LogP contribution in [0.4, 0.5) is 0 Å². The molecular weight excluding hydrogens is 362 g/mol. The molecule has 0 saturated heterocycles. The van der Waals surface area contributed by atoms with Crippen LogP contribution in [-0.2, 0) is 17.1 Å². The van der Waals surface area contributed by atoms with E-state index in [1.165, 1.54) is 0 Å². The Hall–Kier alpha value is 0.909. The van der Waals surface area contributed by atoms with E-state index in [9.17, 15) is 0 Å². The van der Waals surface area contributed by atoms with Gasteiger partial charge in [0.2, 0.25) is 0 Å². The minimum Gasteiger partial charge on any atom is -0.222 e. The maximum absolute atomic E-state index is 8.60. The van der Waals surface area contributed by atoms with Crippen LogP contribution in [0.15, 0.2) is 0 Å². The monoisotopic (exact) mass is 361 g/mol. The second kappa shape index (κ2) is 9.89. The zero-order valence-corrected chi connectivity index (χ0v) is 9.58. The van der Waals surface area contributed by atoms with Crippen molar-refractivity contribution in [3.8, 4) is 0 Å². The van der Waals surface area contributed by atoms with Crippen LogP contribution in [0.1, 0.15) is 0 Å². The summed E-state index contributed by atoms with van der Waals surface area (Å²) < 4.78 is 101. The Morgan fingerprint density at radius 1 is 0.500 bits per heavy atom. The molecule has 0 bridgehead atoms. The first-order chi connectivity index (χ1) is 6.00. The van der Waals surface area contributed by atoms with E-state index in [1.54, 1.807) is 0 Å². The zero-order valence-electron chi connectivity index (χ0n) is 6.37. The molecule has 1 radical (unpaired) electrons. The quantitative estimate of drug-likeness (QED) is 0.393. The first-order valence-electron chi connectivity index (χ1n) is 1.87. The van der Waals surface area contributed by atoms with Gasteiger partial charge < -0.3 is 0 Å². The van der Waals surface area contributed by atoms with Crippen LogP contribution in [-0.4, -0.2) is 4.66 Å². The van der Waals surface area contributed by atoms with Gasteiger partial charge in [-0.3, -0.25) is 0 Å². The smallest absolute Gasteiger partial charge is 0.222 e. The molecule has 0 aliphatic rings. The van der Waals surface area contributed by atoms with E-state index in [0.29, 0.717) is 0 Å². The summed E-state index contributed by atoms with van der Waals surface area (Å²) in [5, 5.41) is 0. The van der Waals surface area contributed by atoms with E-state index in [1.807, 2.05) is 0 Å². The molecule has 16 heavy (non-hydrogen) atoms. The van der Waals surface area contributed by atoms with Crippen molar-refractivity contribution in [1.82, 2.24) is 0 Å². The Morgan fingerprint density at radius 3 is 0.500 bits per heavy atom. The molecular formula is HCl3CuO12. The summed E-state index contributed by atoms with van der Waals surface area (Å²) in [7, 11) is -14.6. The largest absolute Gasteiger partial charge is 2.00 e. The molecule has 0 unspecified atom stereocenters. The fourth-order valence-corrected chi connectivity index (χ4v) is 0. The van der Waals surface area contributed by atoms with Gasteiger partial charge in [-0.1, -0.05) is 0 Å². The van der Waals surface area contributed by atoms with Gasteiger partial charge in [0, 0.05) is 0 Å². The molecule has 0 saturated carbocycles. The second-order valence-electron chi connectivity index (χ2n) is 1.15. The van der Waals surface area contributed by atoms with Crippen molar-refractivity contribution in [3.63, 3.8) is 0 Å². The van der Waals surface area contributed by atoms with Crippen LogP contribution >= 0.6 is 0 Å². The van der Waals surface area contributed by atoms with E-state index in [-0.39, 0.29) is 17.1 Å². The number of rotatable bonds is 0. The van der Waals surface area contributed by atoms with Gasteiger partial charge in [0.1, 0.15) is 0 Å². The average molecular weight is 363 g/mol. The molecule has 0 aromatic rings. The average Bonchev–Trinajstić information content (AvgIpc) is 1.41. The summed E-state index contributed by atoms with van der Waals surface area (Å²) in [6.45, 7) is 0. The van der Waals surface area contributed by atoms with Gasteiger partial charge in [0.25, 0.3) is 0 Å². The molecule has 0 fully saturated rings. The van der Waals surface area contributed by atoms with Crippen LogP contribution in [0.25, 0.3) is 0 Å². The fraction of sp³-hybridized carbons (Fsp3) is 0. The standard InChI is InChI=1S/3ClHO4.Cu/c3*2-1(3,4)5;/h3*(H,2,3,4,5);/q;;;+2/p-2. The number of halogens is 3. The van der Waals surface area contributed by atoms with Crippen molar-refractivity contribution < 1.29 is 104 Å². The van der Waals surface area contributed by atoms with E-state index in [4.69, 9.17) is 55.9 Å². The first-order valence-corrected chi connectivity index (χ1v) is 5.60. The third-order valence-electron chi connectivity index (χ3n) is 0. The van der Waals surface area contributed by atoms with Gasteiger partial charge in [0.15, 0.2) is 0 Å². The van der Waals surface area contributed by atoms with Gasteiger partial charge in [-0.2, -0.15) is 14.0 Å². The van der Waals surface area contributed by atoms with Crippen molar-refractivity contribution in [3.05, 3.63) is 0 Å². The Labute approximate surface area is 104 Å². The molecule has 16 heteroatoms. The van der Waals surface area contributed by atoms with E-state index in [2.05, 4.69) is 0 Å². The summed E-state index contributed by atoms with van der Waals surface area (Å²) in [4.78, 5) is 0. The number of hydrogen-bond donors (Lipinski definition) is 1.